The van der Waals surface area contributed by atoms with Crippen molar-refractivity contribution in [1.29, 1.82) is 0 Å². The van der Waals surface area contributed by atoms with Crippen LogP contribution in [0.5, 0.6) is 0 Å². The lowest BCUT2D eigenvalue weighted by molar-refractivity contribution is -0.137. The minimum Gasteiger partial charge on any atom is -0.379 e. The van der Waals surface area contributed by atoms with E-state index in [1.54, 1.807) is 30.9 Å². The highest BCUT2D eigenvalue weighted by molar-refractivity contribution is 5.95. The number of nitrogens with zero attached hydrogens (tertiary/aromatic N) is 3. The number of ether oxygens (including phenoxy) is 2. The van der Waals surface area contributed by atoms with Gasteiger partial charge in [0.1, 0.15) is 11.3 Å². The quantitative estimate of drug-likeness (QED) is 0.185. The van der Waals surface area contributed by atoms with Gasteiger partial charge in [-0.3, -0.25) is 23.6 Å². The number of unbranched alkanes of at least 4 members (excludes halogenated alkanes) is 3. The van der Waals surface area contributed by atoms with Crippen molar-refractivity contribution in [2.45, 2.75) is 65.0 Å². The highest BCUT2D eigenvalue weighted by Crippen LogP contribution is 2.31. The Labute approximate surface area is 255 Å². The number of pyridine rings is 1. The minimum absolute atomic E-state index is 0.0138. The summed E-state index contributed by atoms with van der Waals surface area (Å²) >= 11 is 0. The van der Waals surface area contributed by atoms with Crippen molar-refractivity contribution in [3.05, 3.63) is 69.8 Å². The van der Waals surface area contributed by atoms with Gasteiger partial charge in [-0.25, -0.2) is 0 Å². The second-order valence-electron chi connectivity index (χ2n) is 10.5. The molecule has 0 aliphatic carbocycles. The van der Waals surface area contributed by atoms with Gasteiger partial charge in [-0.15, -0.1) is 0 Å². The van der Waals surface area contributed by atoms with Crippen LogP contribution < -0.4 is 10.9 Å². The highest BCUT2D eigenvalue weighted by atomic mass is 19.4. The molecule has 0 bridgehead atoms. The largest absolute Gasteiger partial charge is 0.416 e. The minimum atomic E-state index is -4.61. The molecular formula is C32H41F3N4O5. The Morgan fingerprint density at radius 3 is 2.36 bits per heavy atom. The van der Waals surface area contributed by atoms with Gasteiger partial charge in [0, 0.05) is 56.2 Å². The van der Waals surface area contributed by atoms with E-state index < -0.39 is 23.2 Å². The average molecular weight is 619 g/mol. The zero-order chi connectivity index (χ0) is 32.1. The van der Waals surface area contributed by atoms with Crippen LogP contribution in [0.2, 0.25) is 0 Å². The van der Waals surface area contributed by atoms with E-state index in [0.717, 1.165) is 42.4 Å². The number of amides is 1. The SMILES string of the molecule is CCCCCCC(=O)CCCOCCOCCNC(=O)c1cc(-c2ccnn2C)c(C)n(-c2cccc(C(F)(F)F)c2)c1=O. The maximum Gasteiger partial charge on any atom is 0.416 e. The van der Waals surface area contributed by atoms with Gasteiger partial charge in [0.05, 0.1) is 31.1 Å². The smallest absolute Gasteiger partial charge is 0.379 e. The fraction of sp³-hybridized carbons (Fsp3) is 0.500. The molecule has 0 saturated heterocycles. The molecule has 44 heavy (non-hydrogen) atoms. The molecule has 12 heteroatoms. The van der Waals surface area contributed by atoms with Crippen LogP contribution in [0, 0.1) is 6.92 Å². The zero-order valence-corrected chi connectivity index (χ0v) is 25.5. The summed E-state index contributed by atoms with van der Waals surface area (Å²) in [5.41, 5.74) is -0.498. The molecule has 0 radical (unpaired) electrons. The summed E-state index contributed by atoms with van der Waals surface area (Å²) in [7, 11) is 1.68. The Morgan fingerprint density at radius 1 is 0.955 bits per heavy atom. The van der Waals surface area contributed by atoms with Crippen molar-refractivity contribution in [3.8, 4) is 16.9 Å². The lowest BCUT2D eigenvalue weighted by Crippen LogP contribution is -2.35. The Morgan fingerprint density at radius 2 is 1.68 bits per heavy atom. The predicted octanol–water partition coefficient (Wildman–Crippen LogP) is 5.65. The van der Waals surface area contributed by atoms with Crippen LogP contribution in [-0.2, 0) is 27.5 Å². The van der Waals surface area contributed by atoms with Crippen molar-refractivity contribution < 1.29 is 32.2 Å². The fourth-order valence-electron chi connectivity index (χ4n) is 4.80. The van der Waals surface area contributed by atoms with E-state index in [2.05, 4.69) is 17.3 Å². The number of hydrogen-bond acceptors (Lipinski definition) is 6. The van der Waals surface area contributed by atoms with E-state index in [-0.39, 0.29) is 30.2 Å². The molecule has 0 spiro atoms. The molecular weight excluding hydrogens is 577 g/mol. The number of hydrogen-bond donors (Lipinski definition) is 1. The third kappa shape index (κ3) is 9.88. The third-order valence-electron chi connectivity index (χ3n) is 7.18. The van der Waals surface area contributed by atoms with Crippen LogP contribution in [-0.4, -0.2) is 59.0 Å². The molecule has 0 fully saturated rings. The van der Waals surface area contributed by atoms with Crippen LogP contribution in [0.25, 0.3) is 16.9 Å². The van der Waals surface area contributed by atoms with Gasteiger partial charge in [-0.2, -0.15) is 18.3 Å². The van der Waals surface area contributed by atoms with Crippen molar-refractivity contribution >= 4 is 11.7 Å². The summed E-state index contributed by atoms with van der Waals surface area (Å²) < 4.78 is 54.0. The summed E-state index contributed by atoms with van der Waals surface area (Å²) in [6.45, 7) is 5.10. The van der Waals surface area contributed by atoms with Gasteiger partial charge in [-0.1, -0.05) is 32.3 Å². The number of aryl methyl sites for hydroxylation is 1. The van der Waals surface area contributed by atoms with Gasteiger partial charge in [0.15, 0.2) is 0 Å². The standard InChI is InChI=1S/C32H41F3N4O5/c1-4-5-6-7-12-26(40)13-9-17-43-19-20-44-18-16-36-30(41)28-22-27(29-14-15-37-38(29)3)23(2)39(31(28)42)25-11-8-10-24(21-25)32(33,34)35/h8,10-11,14-15,21-22H,4-7,9,12-13,16-20H2,1-3H3,(H,36,41). The Kier molecular flexibility index (Phi) is 13.3. The zero-order valence-electron chi connectivity index (χ0n) is 25.5. The maximum atomic E-state index is 13.5. The van der Waals surface area contributed by atoms with Gasteiger partial charge >= 0.3 is 6.18 Å². The number of aromatic nitrogens is 3. The summed E-state index contributed by atoms with van der Waals surface area (Å²) in [5.74, 6) is -0.419. The average Bonchev–Trinajstić information content (AvgIpc) is 3.41. The number of nitrogens with one attached hydrogen (secondary N) is 1. The molecule has 1 amide bonds. The van der Waals surface area contributed by atoms with E-state index in [4.69, 9.17) is 9.47 Å². The van der Waals surface area contributed by atoms with Gasteiger partial charge in [-0.05, 0) is 50.1 Å². The van der Waals surface area contributed by atoms with Gasteiger partial charge in [0.2, 0.25) is 0 Å². The number of carbonyl (C=O) groups excluding carboxylic acids is 2. The molecule has 2 heterocycles. The van der Waals surface area contributed by atoms with Crippen LogP contribution in [0.3, 0.4) is 0 Å². The highest BCUT2D eigenvalue weighted by Gasteiger charge is 2.31. The number of alkyl halides is 3. The van der Waals surface area contributed by atoms with E-state index in [1.165, 1.54) is 18.2 Å². The predicted molar refractivity (Wildman–Crippen MR) is 161 cm³/mol. The summed E-state index contributed by atoms with van der Waals surface area (Å²) in [5, 5.41) is 6.79. The third-order valence-corrected chi connectivity index (χ3v) is 7.18. The fourth-order valence-corrected chi connectivity index (χ4v) is 4.80. The molecule has 0 saturated carbocycles. The first-order chi connectivity index (χ1) is 21.0. The summed E-state index contributed by atoms with van der Waals surface area (Å²) in [4.78, 5) is 38.5. The molecule has 9 nitrogen and oxygen atoms in total. The molecule has 0 unspecified atom stereocenters. The van der Waals surface area contributed by atoms with Crippen molar-refractivity contribution in [2.75, 3.05) is 33.0 Å². The molecule has 3 aromatic rings. The summed E-state index contributed by atoms with van der Waals surface area (Å²) in [6, 6.07) is 7.53. The molecule has 2 aromatic heterocycles. The number of ketones is 1. The first kappa shape index (κ1) is 34.7. The van der Waals surface area contributed by atoms with E-state index >= 15 is 0 Å². The van der Waals surface area contributed by atoms with Crippen LogP contribution >= 0.6 is 0 Å². The van der Waals surface area contributed by atoms with Crippen LogP contribution in [0.15, 0.2) is 47.4 Å². The first-order valence-electron chi connectivity index (χ1n) is 14.9. The monoisotopic (exact) mass is 618 g/mol. The van der Waals surface area contributed by atoms with Crippen molar-refractivity contribution in [1.82, 2.24) is 19.7 Å². The summed E-state index contributed by atoms with van der Waals surface area (Å²) in [6.07, 6.45) is 3.07. The molecule has 1 aromatic carbocycles. The Bertz CT molecular complexity index is 1450. The van der Waals surface area contributed by atoms with E-state index in [9.17, 15) is 27.6 Å². The lowest BCUT2D eigenvalue weighted by atomic mass is 10.1. The van der Waals surface area contributed by atoms with Crippen molar-refractivity contribution in [2.24, 2.45) is 7.05 Å². The van der Waals surface area contributed by atoms with Crippen LogP contribution in [0.4, 0.5) is 13.2 Å². The number of carbonyl (C=O) groups is 2. The second kappa shape index (κ2) is 16.9. The second-order valence-corrected chi connectivity index (χ2v) is 10.5. The maximum absolute atomic E-state index is 13.5. The molecule has 0 aliphatic rings. The lowest BCUT2D eigenvalue weighted by Gasteiger charge is -2.18. The molecule has 0 atom stereocenters. The Balaban J connectivity index is 1.57. The molecule has 1 N–H and O–H groups in total. The number of rotatable bonds is 18. The number of benzene rings is 1. The first-order valence-corrected chi connectivity index (χ1v) is 14.9. The number of Topliss-reactive ketones (excluding diaryl/α,β-unsaturated/α-hetero) is 1. The van der Waals surface area contributed by atoms with Crippen LogP contribution in [0.1, 0.15) is 73.5 Å². The normalized spacial score (nSPS) is 11.6. The van der Waals surface area contributed by atoms with Gasteiger partial charge < -0.3 is 14.8 Å². The van der Waals surface area contributed by atoms with E-state index in [1.807, 2.05) is 0 Å². The molecule has 0 aliphatic heterocycles. The van der Waals surface area contributed by atoms with Crippen molar-refractivity contribution in [3.63, 3.8) is 0 Å². The molecule has 240 valence electrons. The van der Waals surface area contributed by atoms with E-state index in [0.29, 0.717) is 56.0 Å². The topological polar surface area (TPSA) is 104 Å². The van der Waals surface area contributed by atoms with Gasteiger partial charge in [0.25, 0.3) is 11.5 Å². The Hall–Kier alpha value is -3.77. The molecule has 3 rings (SSSR count). The number of halogens is 3.